The summed E-state index contributed by atoms with van der Waals surface area (Å²) in [7, 11) is 1.48. The van der Waals surface area contributed by atoms with E-state index in [4.69, 9.17) is 20.9 Å². The summed E-state index contributed by atoms with van der Waals surface area (Å²) in [5, 5.41) is 0. The molecular formula is C9H12N2O3. The summed E-state index contributed by atoms with van der Waals surface area (Å²) in [6.07, 6.45) is 0. The van der Waals surface area contributed by atoms with Gasteiger partial charge in [0.25, 0.3) is 5.91 Å². The topological polar surface area (TPSA) is 87.6 Å². The minimum atomic E-state index is -0.559. The third-order valence-electron chi connectivity index (χ3n) is 1.60. The van der Waals surface area contributed by atoms with Gasteiger partial charge in [0.15, 0.2) is 6.79 Å². The zero-order valence-electron chi connectivity index (χ0n) is 7.82. The molecule has 0 aromatic heterocycles. The van der Waals surface area contributed by atoms with Crippen molar-refractivity contribution in [1.29, 1.82) is 0 Å². The lowest BCUT2D eigenvalue weighted by Crippen LogP contribution is -2.14. The SMILES string of the molecule is COCOc1cc(N)ccc1C(N)=O. The lowest BCUT2D eigenvalue weighted by molar-refractivity contribution is 0.0503. The van der Waals surface area contributed by atoms with Crippen molar-refractivity contribution in [2.24, 2.45) is 5.73 Å². The molecule has 4 N–H and O–H groups in total. The van der Waals surface area contributed by atoms with Crippen LogP contribution in [0.25, 0.3) is 0 Å². The predicted molar refractivity (Wildman–Crippen MR) is 51.9 cm³/mol. The van der Waals surface area contributed by atoms with Crippen molar-refractivity contribution >= 4 is 11.6 Å². The van der Waals surface area contributed by atoms with Crippen LogP contribution in [0.2, 0.25) is 0 Å². The fourth-order valence-corrected chi connectivity index (χ4v) is 0.984. The van der Waals surface area contributed by atoms with Crippen molar-refractivity contribution in [2.45, 2.75) is 0 Å². The second-order valence-corrected chi connectivity index (χ2v) is 2.67. The first-order chi connectivity index (χ1) is 6.65. The predicted octanol–water partition coefficient (Wildman–Crippen LogP) is 0.350. The first-order valence-corrected chi connectivity index (χ1v) is 3.96. The van der Waals surface area contributed by atoms with Gasteiger partial charge in [-0.25, -0.2) is 0 Å². The van der Waals surface area contributed by atoms with Crippen molar-refractivity contribution in [3.63, 3.8) is 0 Å². The average molecular weight is 196 g/mol. The summed E-state index contributed by atoms with van der Waals surface area (Å²) in [5.74, 6) is -0.226. The molecule has 0 bridgehead atoms. The van der Waals surface area contributed by atoms with Crippen LogP contribution in [0, 0.1) is 0 Å². The summed E-state index contributed by atoms with van der Waals surface area (Å²) in [5.41, 5.74) is 11.5. The van der Waals surface area contributed by atoms with Gasteiger partial charge in [0.05, 0.1) is 5.56 Å². The van der Waals surface area contributed by atoms with E-state index >= 15 is 0 Å². The number of nitrogens with two attached hydrogens (primary N) is 2. The molecule has 1 aromatic rings. The Balaban J connectivity index is 2.97. The van der Waals surface area contributed by atoms with Crippen molar-refractivity contribution in [2.75, 3.05) is 19.6 Å². The number of primary amides is 1. The molecule has 5 nitrogen and oxygen atoms in total. The van der Waals surface area contributed by atoms with Gasteiger partial charge in [-0.3, -0.25) is 4.79 Å². The Morgan fingerprint density at radius 2 is 2.21 bits per heavy atom. The summed E-state index contributed by atoms with van der Waals surface area (Å²) in [4.78, 5) is 11.0. The second-order valence-electron chi connectivity index (χ2n) is 2.67. The standard InChI is InChI=1S/C9H12N2O3/c1-13-5-14-8-4-6(10)2-3-7(8)9(11)12/h2-4H,5,10H2,1H3,(H2,11,12). The van der Waals surface area contributed by atoms with Crippen LogP contribution >= 0.6 is 0 Å². The Kier molecular flexibility index (Phi) is 3.30. The zero-order valence-corrected chi connectivity index (χ0v) is 7.82. The highest BCUT2D eigenvalue weighted by Gasteiger charge is 2.09. The van der Waals surface area contributed by atoms with Gasteiger partial charge in [0.1, 0.15) is 5.75 Å². The molecule has 0 saturated heterocycles. The molecule has 0 heterocycles. The number of hydrogen-bond donors (Lipinski definition) is 2. The van der Waals surface area contributed by atoms with Crippen LogP contribution in [0.3, 0.4) is 0 Å². The molecule has 0 unspecified atom stereocenters. The largest absolute Gasteiger partial charge is 0.467 e. The van der Waals surface area contributed by atoms with E-state index in [1.165, 1.54) is 19.2 Å². The Bertz CT molecular complexity index is 339. The first kappa shape index (κ1) is 10.3. The van der Waals surface area contributed by atoms with Gasteiger partial charge >= 0.3 is 0 Å². The van der Waals surface area contributed by atoms with E-state index in [-0.39, 0.29) is 12.4 Å². The molecule has 0 atom stereocenters. The molecule has 0 saturated carbocycles. The van der Waals surface area contributed by atoms with E-state index in [0.717, 1.165) is 0 Å². The Morgan fingerprint density at radius 1 is 1.50 bits per heavy atom. The van der Waals surface area contributed by atoms with E-state index in [0.29, 0.717) is 11.4 Å². The van der Waals surface area contributed by atoms with E-state index in [1.807, 2.05) is 0 Å². The zero-order chi connectivity index (χ0) is 10.6. The fourth-order valence-electron chi connectivity index (χ4n) is 0.984. The maximum atomic E-state index is 11.0. The second kappa shape index (κ2) is 4.48. The van der Waals surface area contributed by atoms with Gasteiger partial charge in [-0.05, 0) is 12.1 Å². The van der Waals surface area contributed by atoms with Crippen molar-refractivity contribution in [3.05, 3.63) is 23.8 Å². The van der Waals surface area contributed by atoms with Crippen LogP contribution in [0.4, 0.5) is 5.69 Å². The van der Waals surface area contributed by atoms with E-state index in [1.54, 1.807) is 6.07 Å². The number of anilines is 1. The van der Waals surface area contributed by atoms with E-state index in [2.05, 4.69) is 0 Å². The van der Waals surface area contributed by atoms with Crippen LogP contribution in [0.5, 0.6) is 5.75 Å². The molecule has 14 heavy (non-hydrogen) atoms. The van der Waals surface area contributed by atoms with Crippen LogP contribution in [-0.2, 0) is 4.74 Å². The Hall–Kier alpha value is -1.75. The third-order valence-corrected chi connectivity index (χ3v) is 1.60. The average Bonchev–Trinajstić information content (AvgIpc) is 2.14. The smallest absolute Gasteiger partial charge is 0.252 e. The number of carbonyl (C=O) groups excluding carboxylic acids is 1. The highest BCUT2D eigenvalue weighted by Crippen LogP contribution is 2.21. The van der Waals surface area contributed by atoms with Gasteiger partial charge in [-0.15, -0.1) is 0 Å². The number of ether oxygens (including phenoxy) is 2. The molecule has 0 aliphatic heterocycles. The molecule has 1 aromatic carbocycles. The summed E-state index contributed by atoms with van der Waals surface area (Å²) in [6.45, 7) is 0.0454. The van der Waals surface area contributed by atoms with Gasteiger partial charge < -0.3 is 20.9 Å². The maximum Gasteiger partial charge on any atom is 0.252 e. The number of methoxy groups -OCH3 is 1. The normalized spacial score (nSPS) is 9.79. The van der Waals surface area contributed by atoms with Crippen molar-refractivity contribution in [3.8, 4) is 5.75 Å². The number of rotatable bonds is 4. The number of amides is 1. The molecule has 5 heteroatoms. The summed E-state index contributed by atoms with van der Waals surface area (Å²) >= 11 is 0. The van der Waals surface area contributed by atoms with Crippen LogP contribution < -0.4 is 16.2 Å². The van der Waals surface area contributed by atoms with E-state index < -0.39 is 5.91 Å². The highest BCUT2D eigenvalue weighted by molar-refractivity contribution is 5.96. The lowest BCUT2D eigenvalue weighted by Gasteiger charge is -2.08. The maximum absolute atomic E-state index is 11.0. The molecule has 1 amide bonds. The minimum Gasteiger partial charge on any atom is -0.467 e. The number of carbonyl (C=O) groups is 1. The highest BCUT2D eigenvalue weighted by atomic mass is 16.7. The fraction of sp³-hybridized carbons (Fsp3) is 0.222. The third kappa shape index (κ3) is 2.37. The molecule has 1 rings (SSSR count). The molecule has 0 aliphatic rings. The van der Waals surface area contributed by atoms with Crippen LogP contribution in [0.1, 0.15) is 10.4 Å². The molecular weight excluding hydrogens is 184 g/mol. The quantitative estimate of drug-likeness (QED) is 0.537. The van der Waals surface area contributed by atoms with Gasteiger partial charge in [-0.2, -0.15) is 0 Å². The van der Waals surface area contributed by atoms with E-state index in [9.17, 15) is 4.79 Å². The van der Waals surface area contributed by atoms with Gasteiger partial charge in [0, 0.05) is 18.9 Å². The van der Waals surface area contributed by atoms with Gasteiger partial charge in [-0.1, -0.05) is 0 Å². The summed E-state index contributed by atoms with van der Waals surface area (Å²) < 4.78 is 9.83. The molecule has 0 fully saturated rings. The number of hydrogen-bond acceptors (Lipinski definition) is 4. The number of benzene rings is 1. The lowest BCUT2D eigenvalue weighted by atomic mass is 10.2. The molecule has 76 valence electrons. The van der Waals surface area contributed by atoms with Crippen molar-refractivity contribution < 1.29 is 14.3 Å². The van der Waals surface area contributed by atoms with Crippen molar-refractivity contribution in [1.82, 2.24) is 0 Å². The monoisotopic (exact) mass is 196 g/mol. The van der Waals surface area contributed by atoms with Gasteiger partial charge in [0.2, 0.25) is 0 Å². The minimum absolute atomic E-state index is 0.0454. The molecule has 0 radical (unpaired) electrons. The molecule has 0 spiro atoms. The summed E-state index contributed by atoms with van der Waals surface area (Å²) in [6, 6.07) is 4.63. The number of nitrogen functional groups attached to an aromatic ring is 1. The molecule has 0 aliphatic carbocycles. The van der Waals surface area contributed by atoms with Crippen LogP contribution in [0.15, 0.2) is 18.2 Å². The van der Waals surface area contributed by atoms with Crippen LogP contribution in [-0.4, -0.2) is 19.8 Å². The Labute approximate surface area is 81.6 Å². The first-order valence-electron chi connectivity index (χ1n) is 3.96. The Morgan fingerprint density at radius 3 is 2.79 bits per heavy atom.